The third-order valence-corrected chi connectivity index (χ3v) is 5.50. The summed E-state index contributed by atoms with van der Waals surface area (Å²) in [5.41, 5.74) is 3.15. The van der Waals surface area contributed by atoms with Crippen molar-refractivity contribution in [3.05, 3.63) is 87.6 Å². The van der Waals surface area contributed by atoms with E-state index in [4.69, 9.17) is 16.3 Å². The Hall–Kier alpha value is -3.16. The second-order valence-corrected chi connectivity index (χ2v) is 8.37. The average molecular weight is 512 g/mol. The van der Waals surface area contributed by atoms with Gasteiger partial charge in [-0.25, -0.2) is 9.67 Å². The summed E-state index contributed by atoms with van der Waals surface area (Å²) in [6.45, 7) is 4.45. The highest BCUT2D eigenvalue weighted by molar-refractivity contribution is 9.10. The number of aromatic nitrogens is 3. The molecule has 1 N–H and O–H groups in total. The second kappa shape index (κ2) is 9.54. The van der Waals surface area contributed by atoms with Crippen molar-refractivity contribution in [3.63, 3.8) is 0 Å². The van der Waals surface area contributed by atoms with E-state index < -0.39 is 5.91 Å². The smallest absolute Gasteiger partial charge is 0.295 e. The lowest BCUT2D eigenvalue weighted by atomic mass is 10.2. The highest BCUT2D eigenvalue weighted by Crippen LogP contribution is 2.27. The van der Waals surface area contributed by atoms with Crippen LogP contribution in [0.2, 0.25) is 5.02 Å². The Kier molecular flexibility index (Phi) is 6.58. The molecule has 0 aliphatic heterocycles. The summed E-state index contributed by atoms with van der Waals surface area (Å²) in [5, 5.41) is 7.93. The first kappa shape index (κ1) is 22.0. The Balaban J connectivity index is 1.72. The predicted octanol–water partition coefficient (Wildman–Crippen LogP) is 6.31. The topological polar surface area (TPSA) is 69.0 Å². The minimum absolute atomic E-state index is 0.0520. The molecular formula is C24H20BrClN4O2. The number of rotatable bonds is 6. The minimum Gasteiger partial charge on any atom is -0.494 e. The lowest BCUT2D eigenvalue weighted by Gasteiger charge is -2.09. The van der Waals surface area contributed by atoms with E-state index in [1.807, 2.05) is 56.3 Å². The first-order valence-electron chi connectivity index (χ1n) is 9.98. The summed E-state index contributed by atoms with van der Waals surface area (Å²) in [7, 11) is 0. The number of aryl methyl sites for hydroxylation is 1. The van der Waals surface area contributed by atoms with E-state index in [9.17, 15) is 4.79 Å². The molecule has 1 aromatic heterocycles. The fraction of sp³-hybridized carbons (Fsp3) is 0.125. The van der Waals surface area contributed by atoms with E-state index in [0.717, 1.165) is 27.0 Å². The van der Waals surface area contributed by atoms with Gasteiger partial charge in [0.1, 0.15) is 5.75 Å². The quantitative estimate of drug-likeness (QED) is 0.329. The predicted molar refractivity (Wildman–Crippen MR) is 130 cm³/mol. The number of anilines is 1. The molecule has 6 nitrogen and oxygen atoms in total. The standard InChI is InChI=1S/C24H20BrClN4O2/c1-3-32-20-12-10-19(11-13-20)27-24(31)22-28-23(16-5-7-17(25)8-6-16)30(29-22)21-14-18(26)9-4-15(21)2/h4-14H,3H2,1-2H3,(H,27,31). The largest absolute Gasteiger partial charge is 0.494 e. The molecule has 0 radical (unpaired) electrons. The number of hydrogen-bond donors (Lipinski definition) is 1. The second-order valence-electron chi connectivity index (χ2n) is 7.02. The zero-order valence-corrected chi connectivity index (χ0v) is 19.8. The van der Waals surface area contributed by atoms with E-state index in [2.05, 4.69) is 31.3 Å². The number of nitrogens with zero attached hydrogens (tertiary/aromatic N) is 3. The number of hydrogen-bond acceptors (Lipinski definition) is 4. The maximum atomic E-state index is 12.9. The van der Waals surface area contributed by atoms with Crippen LogP contribution in [0.3, 0.4) is 0 Å². The molecule has 0 unspecified atom stereocenters. The molecular weight excluding hydrogens is 492 g/mol. The molecule has 1 heterocycles. The Morgan fingerprint density at radius 1 is 1.09 bits per heavy atom. The molecule has 4 rings (SSSR count). The third kappa shape index (κ3) is 4.84. The number of amides is 1. The van der Waals surface area contributed by atoms with Crippen molar-refractivity contribution in [3.8, 4) is 22.8 Å². The number of carbonyl (C=O) groups excluding carboxylic acids is 1. The van der Waals surface area contributed by atoms with Gasteiger partial charge in [0.2, 0.25) is 5.82 Å². The van der Waals surface area contributed by atoms with Crippen molar-refractivity contribution in [1.29, 1.82) is 0 Å². The van der Waals surface area contributed by atoms with Crippen molar-refractivity contribution in [2.75, 3.05) is 11.9 Å². The van der Waals surface area contributed by atoms with Gasteiger partial charge in [0, 0.05) is 20.7 Å². The number of benzene rings is 3. The summed E-state index contributed by atoms with van der Waals surface area (Å²) in [4.78, 5) is 17.5. The molecule has 0 aliphatic carbocycles. The van der Waals surface area contributed by atoms with Gasteiger partial charge >= 0.3 is 0 Å². The molecule has 162 valence electrons. The average Bonchev–Trinajstić information content (AvgIpc) is 3.23. The number of halogens is 2. The maximum absolute atomic E-state index is 12.9. The maximum Gasteiger partial charge on any atom is 0.295 e. The minimum atomic E-state index is -0.411. The summed E-state index contributed by atoms with van der Waals surface area (Å²) in [6.07, 6.45) is 0. The van der Waals surface area contributed by atoms with Crippen LogP contribution in [0.25, 0.3) is 17.1 Å². The summed E-state index contributed by atoms with van der Waals surface area (Å²) in [6, 6.07) is 20.3. The molecule has 3 aromatic carbocycles. The molecule has 8 heteroatoms. The van der Waals surface area contributed by atoms with E-state index in [1.165, 1.54) is 0 Å². The lowest BCUT2D eigenvalue weighted by Crippen LogP contribution is -2.14. The van der Waals surface area contributed by atoms with E-state index in [-0.39, 0.29) is 5.82 Å². The Morgan fingerprint density at radius 2 is 1.81 bits per heavy atom. The summed E-state index contributed by atoms with van der Waals surface area (Å²) < 4.78 is 8.04. The highest BCUT2D eigenvalue weighted by atomic mass is 79.9. The highest BCUT2D eigenvalue weighted by Gasteiger charge is 2.20. The fourth-order valence-corrected chi connectivity index (χ4v) is 3.59. The van der Waals surface area contributed by atoms with Crippen molar-refractivity contribution in [1.82, 2.24) is 14.8 Å². The molecule has 0 fully saturated rings. The SMILES string of the molecule is CCOc1ccc(NC(=O)c2nc(-c3ccc(Br)cc3)n(-c3cc(Cl)ccc3C)n2)cc1. The fourth-order valence-electron chi connectivity index (χ4n) is 3.16. The van der Waals surface area contributed by atoms with Crippen LogP contribution in [0.15, 0.2) is 71.2 Å². The number of nitrogens with one attached hydrogen (secondary N) is 1. The van der Waals surface area contributed by atoms with Gasteiger partial charge in [-0.1, -0.05) is 45.7 Å². The number of ether oxygens (including phenoxy) is 1. The molecule has 32 heavy (non-hydrogen) atoms. The zero-order chi connectivity index (χ0) is 22.7. The van der Waals surface area contributed by atoms with Gasteiger partial charge < -0.3 is 10.1 Å². The van der Waals surface area contributed by atoms with Gasteiger partial charge in [0.05, 0.1) is 12.3 Å². The van der Waals surface area contributed by atoms with Gasteiger partial charge in [-0.2, -0.15) is 0 Å². The van der Waals surface area contributed by atoms with Crippen LogP contribution in [0.5, 0.6) is 5.75 Å². The van der Waals surface area contributed by atoms with Gasteiger partial charge in [0.15, 0.2) is 5.82 Å². The van der Waals surface area contributed by atoms with Crippen molar-refractivity contribution in [2.24, 2.45) is 0 Å². The molecule has 0 saturated carbocycles. The summed E-state index contributed by atoms with van der Waals surface area (Å²) in [5.74, 6) is 0.920. The molecule has 4 aromatic rings. The van der Waals surface area contributed by atoms with Crippen LogP contribution in [-0.4, -0.2) is 27.3 Å². The van der Waals surface area contributed by atoms with Gasteiger partial charge in [0.25, 0.3) is 5.91 Å². The molecule has 0 aliphatic rings. The lowest BCUT2D eigenvalue weighted by molar-refractivity contribution is 0.101. The van der Waals surface area contributed by atoms with Crippen LogP contribution in [0, 0.1) is 6.92 Å². The van der Waals surface area contributed by atoms with E-state index >= 15 is 0 Å². The van der Waals surface area contributed by atoms with E-state index in [0.29, 0.717) is 23.1 Å². The van der Waals surface area contributed by atoms with Gasteiger partial charge in [-0.05, 0) is 67.9 Å². The zero-order valence-electron chi connectivity index (χ0n) is 17.5. The Morgan fingerprint density at radius 3 is 2.50 bits per heavy atom. The molecule has 0 atom stereocenters. The van der Waals surface area contributed by atoms with Crippen molar-refractivity contribution < 1.29 is 9.53 Å². The molecule has 0 saturated heterocycles. The van der Waals surface area contributed by atoms with Crippen LogP contribution in [0.4, 0.5) is 5.69 Å². The molecule has 1 amide bonds. The van der Waals surface area contributed by atoms with Crippen LogP contribution in [0.1, 0.15) is 23.1 Å². The monoisotopic (exact) mass is 510 g/mol. The third-order valence-electron chi connectivity index (χ3n) is 4.74. The first-order valence-corrected chi connectivity index (χ1v) is 11.2. The molecule has 0 spiro atoms. The van der Waals surface area contributed by atoms with Crippen LogP contribution < -0.4 is 10.1 Å². The first-order chi connectivity index (χ1) is 15.4. The van der Waals surface area contributed by atoms with Gasteiger partial charge in [-0.15, -0.1) is 5.10 Å². The van der Waals surface area contributed by atoms with Gasteiger partial charge in [-0.3, -0.25) is 4.79 Å². The van der Waals surface area contributed by atoms with Crippen molar-refractivity contribution >= 4 is 39.1 Å². The van der Waals surface area contributed by atoms with Crippen LogP contribution in [-0.2, 0) is 0 Å². The number of carbonyl (C=O) groups is 1. The van der Waals surface area contributed by atoms with Crippen LogP contribution >= 0.6 is 27.5 Å². The van der Waals surface area contributed by atoms with E-state index in [1.54, 1.807) is 28.9 Å². The Bertz CT molecular complexity index is 1250. The summed E-state index contributed by atoms with van der Waals surface area (Å²) >= 11 is 9.69. The van der Waals surface area contributed by atoms with Crippen molar-refractivity contribution in [2.45, 2.75) is 13.8 Å². The Labute approximate surface area is 199 Å². The normalized spacial score (nSPS) is 10.8. The molecule has 0 bridgehead atoms.